The van der Waals surface area contributed by atoms with Crippen molar-refractivity contribution in [3.8, 4) is 23.0 Å². The van der Waals surface area contributed by atoms with Crippen molar-refractivity contribution in [1.29, 1.82) is 0 Å². The number of carbonyl (C=O) groups excluding carboxylic acids is 2. The molecule has 2 amide bonds. The minimum Gasteiger partial charge on any atom is -0.493 e. The Hall–Kier alpha value is -4.53. The lowest BCUT2D eigenvalue weighted by atomic mass is 10.2. The number of fused-ring (bicyclic) bond motifs is 1. The largest absolute Gasteiger partial charge is 0.493 e. The molecule has 35 heavy (non-hydrogen) atoms. The van der Waals surface area contributed by atoms with Gasteiger partial charge in [-0.2, -0.15) is 5.10 Å². The van der Waals surface area contributed by atoms with E-state index in [4.69, 9.17) is 18.9 Å². The smallest absolute Gasteiger partial charge is 0.259 e. The van der Waals surface area contributed by atoms with E-state index in [9.17, 15) is 9.59 Å². The highest BCUT2D eigenvalue weighted by Crippen LogP contribution is 2.32. The molecule has 0 bridgehead atoms. The highest BCUT2D eigenvalue weighted by atomic mass is 16.7. The molecule has 0 fully saturated rings. The summed E-state index contributed by atoms with van der Waals surface area (Å²) in [5.41, 5.74) is 5.69. The molecule has 1 heterocycles. The molecule has 1 aliphatic rings. The first-order valence-electron chi connectivity index (χ1n) is 10.9. The van der Waals surface area contributed by atoms with Crippen LogP contribution in [0, 0.1) is 6.92 Å². The van der Waals surface area contributed by atoms with Gasteiger partial charge >= 0.3 is 0 Å². The van der Waals surface area contributed by atoms with E-state index in [0.29, 0.717) is 40.7 Å². The van der Waals surface area contributed by atoms with Crippen LogP contribution < -0.4 is 29.7 Å². The van der Waals surface area contributed by atoms with E-state index >= 15 is 0 Å². The number of carbonyl (C=O) groups is 2. The molecule has 0 atom stereocenters. The van der Waals surface area contributed by atoms with E-state index in [1.165, 1.54) is 11.8 Å². The van der Waals surface area contributed by atoms with E-state index in [1.54, 1.807) is 43.5 Å². The van der Waals surface area contributed by atoms with Gasteiger partial charge in [0.1, 0.15) is 6.61 Å². The van der Waals surface area contributed by atoms with Crippen LogP contribution >= 0.6 is 0 Å². The van der Waals surface area contributed by atoms with E-state index in [0.717, 1.165) is 5.56 Å². The molecule has 4 rings (SSSR count). The van der Waals surface area contributed by atoms with Gasteiger partial charge in [0.15, 0.2) is 23.0 Å². The predicted octanol–water partition coefficient (Wildman–Crippen LogP) is 3.19. The first kappa shape index (κ1) is 23.6. The molecule has 180 valence electrons. The Labute approximate surface area is 202 Å². The molecular weight excluding hydrogens is 450 g/mol. The standard InChI is InChI=1S/C26H25N3O6/c1-17-3-5-18(6-4-17)15-33-21-9-7-19(11-23(21)32-2)13-28-29-25(30)14-27-26(31)20-8-10-22-24(12-20)35-16-34-22/h3-13H,14-16H2,1-2H3,(H,27,31)(H,29,30)/b28-13+. The van der Waals surface area contributed by atoms with Gasteiger partial charge in [-0.1, -0.05) is 29.8 Å². The molecule has 0 radical (unpaired) electrons. The number of amides is 2. The number of benzene rings is 3. The number of aryl methyl sites for hydroxylation is 1. The van der Waals surface area contributed by atoms with Gasteiger partial charge < -0.3 is 24.3 Å². The average Bonchev–Trinajstić information content (AvgIpc) is 3.35. The summed E-state index contributed by atoms with van der Waals surface area (Å²) >= 11 is 0. The van der Waals surface area contributed by atoms with Gasteiger partial charge in [0.2, 0.25) is 6.79 Å². The maximum Gasteiger partial charge on any atom is 0.259 e. The van der Waals surface area contributed by atoms with Crippen LogP contribution in [0.5, 0.6) is 23.0 Å². The third-order valence-electron chi connectivity index (χ3n) is 5.15. The Morgan fingerprint density at radius 1 is 1.00 bits per heavy atom. The summed E-state index contributed by atoms with van der Waals surface area (Å²) in [7, 11) is 1.56. The van der Waals surface area contributed by atoms with Gasteiger partial charge in [-0.3, -0.25) is 9.59 Å². The molecule has 0 saturated carbocycles. The summed E-state index contributed by atoms with van der Waals surface area (Å²) in [5, 5.41) is 6.47. The number of nitrogens with one attached hydrogen (secondary N) is 2. The molecule has 0 saturated heterocycles. The first-order chi connectivity index (χ1) is 17.0. The van der Waals surface area contributed by atoms with Crippen molar-refractivity contribution in [2.45, 2.75) is 13.5 Å². The van der Waals surface area contributed by atoms with Crippen molar-refractivity contribution in [1.82, 2.24) is 10.7 Å². The molecule has 0 spiro atoms. The van der Waals surface area contributed by atoms with E-state index in [2.05, 4.69) is 15.8 Å². The maximum atomic E-state index is 12.3. The Kier molecular flexibility index (Phi) is 7.47. The lowest BCUT2D eigenvalue weighted by Gasteiger charge is -2.11. The molecule has 0 unspecified atom stereocenters. The van der Waals surface area contributed by atoms with Crippen LogP contribution in [0.2, 0.25) is 0 Å². The molecule has 0 aliphatic carbocycles. The zero-order valence-corrected chi connectivity index (χ0v) is 19.4. The van der Waals surface area contributed by atoms with Crippen molar-refractivity contribution in [2.75, 3.05) is 20.4 Å². The maximum absolute atomic E-state index is 12.3. The number of nitrogens with zero attached hydrogens (tertiary/aromatic N) is 1. The van der Waals surface area contributed by atoms with Crippen LogP contribution in [0.1, 0.15) is 27.0 Å². The Morgan fingerprint density at radius 2 is 1.80 bits per heavy atom. The van der Waals surface area contributed by atoms with Crippen LogP contribution in [0.25, 0.3) is 0 Å². The van der Waals surface area contributed by atoms with Gasteiger partial charge in [0, 0.05) is 5.56 Å². The zero-order valence-electron chi connectivity index (χ0n) is 19.4. The number of methoxy groups -OCH3 is 1. The summed E-state index contributed by atoms with van der Waals surface area (Å²) in [4.78, 5) is 24.3. The van der Waals surface area contributed by atoms with Gasteiger partial charge in [-0.15, -0.1) is 0 Å². The fourth-order valence-corrected chi connectivity index (χ4v) is 3.25. The third-order valence-corrected chi connectivity index (χ3v) is 5.15. The average molecular weight is 476 g/mol. The summed E-state index contributed by atoms with van der Waals surface area (Å²) < 4.78 is 21.8. The second-order valence-electron chi connectivity index (χ2n) is 7.73. The Bertz CT molecular complexity index is 1240. The van der Waals surface area contributed by atoms with Gasteiger partial charge in [0.25, 0.3) is 11.8 Å². The molecule has 9 nitrogen and oxygen atoms in total. The van der Waals surface area contributed by atoms with Crippen molar-refractivity contribution < 1.29 is 28.5 Å². The molecule has 1 aliphatic heterocycles. The summed E-state index contributed by atoms with van der Waals surface area (Å²) in [6, 6.07) is 18.2. The van der Waals surface area contributed by atoms with E-state index in [1.807, 2.05) is 31.2 Å². The zero-order chi connectivity index (χ0) is 24.6. The van der Waals surface area contributed by atoms with Crippen LogP contribution in [0.4, 0.5) is 0 Å². The third kappa shape index (κ3) is 6.29. The van der Waals surface area contributed by atoms with Gasteiger partial charge in [-0.25, -0.2) is 5.43 Å². The molecular formula is C26H25N3O6. The molecule has 3 aromatic rings. The molecule has 9 heteroatoms. The van der Waals surface area contributed by atoms with Crippen molar-refractivity contribution in [2.24, 2.45) is 5.10 Å². The number of hydrazone groups is 1. The number of rotatable bonds is 9. The fraction of sp³-hybridized carbons (Fsp3) is 0.192. The normalized spacial score (nSPS) is 11.8. The predicted molar refractivity (Wildman–Crippen MR) is 129 cm³/mol. The minimum atomic E-state index is -0.472. The van der Waals surface area contributed by atoms with Crippen molar-refractivity contribution >= 4 is 18.0 Å². The quantitative estimate of drug-likeness (QED) is 0.364. The Morgan fingerprint density at radius 3 is 2.60 bits per heavy atom. The van der Waals surface area contributed by atoms with Crippen LogP contribution in [-0.4, -0.2) is 38.5 Å². The van der Waals surface area contributed by atoms with Crippen molar-refractivity contribution in [3.05, 3.63) is 82.9 Å². The van der Waals surface area contributed by atoms with E-state index < -0.39 is 11.8 Å². The van der Waals surface area contributed by atoms with Gasteiger partial charge in [0.05, 0.1) is 19.9 Å². The Balaban J connectivity index is 1.26. The first-order valence-corrected chi connectivity index (χ1v) is 10.9. The SMILES string of the molecule is COc1cc(/C=N/NC(=O)CNC(=O)c2ccc3c(c2)OCO3)ccc1OCc1ccc(C)cc1. The number of ether oxygens (including phenoxy) is 4. The second kappa shape index (κ2) is 11.1. The van der Waals surface area contributed by atoms with Gasteiger partial charge in [-0.05, 0) is 54.4 Å². The fourth-order valence-electron chi connectivity index (χ4n) is 3.25. The summed E-state index contributed by atoms with van der Waals surface area (Å²) in [6.07, 6.45) is 1.48. The lowest BCUT2D eigenvalue weighted by Crippen LogP contribution is -2.34. The summed E-state index contributed by atoms with van der Waals surface area (Å²) in [6.45, 7) is 2.33. The van der Waals surface area contributed by atoms with Crippen molar-refractivity contribution in [3.63, 3.8) is 0 Å². The molecule has 0 aromatic heterocycles. The van der Waals surface area contributed by atoms with E-state index in [-0.39, 0.29) is 13.3 Å². The van der Waals surface area contributed by atoms with Crippen LogP contribution in [0.3, 0.4) is 0 Å². The molecule has 3 aromatic carbocycles. The van der Waals surface area contributed by atoms with Crippen LogP contribution in [-0.2, 0) is 11.4 Å². The summed E-state index contributed by atoms with van der Waals surface area (Å²) in [5.74, 6) is 1.34. The minimum absolute atomic E-state index is 0.121. The number of hydrogen-bond acceptors (Lipinski definition) is 7. The lowest BCUT2D eigenvalue weighted by molar-refractivity contribution is -0.120. The molecule has 2 N–H and O–H groups in total. The number of hydrogen-bond donors (Lipinski definition) is 2. The van der Waals surface area contributed by atoms with Crippen LogP contribution in [0.15, 0.2) is 65.8 Å². The second-order valence-corrected chi connectivity index (χ2v) is 7.73. The monoisotopic (exact) mass is 475 g/mol. The topological polar surface area (TPSA) is 107 Å². The highest BCUT2D eigenvalue weighted by molar-refractivity contribution is 5.97. The highest BCUT2D eigenvalue weighted by Gasteiger charge is 2.16.